The summed E-state index contributed by atoms with van der Waals surface area (Å²) in [6.45, 7) is 9.50. The first kappa shape index (κ1) is 14.2. The molecular weight excluding hydrogens is 152 g/mol. The first-order chi connectivity index (χ1) is 5.33. The van der Waals surface area contributed by atoms with Crippen LogP contribution in [0.3, 0.4) is 0 Å². The molecule has 0 saturated carbocycles. The fourth-order valence-electron chi connectivity index (χ4n) is 0.642. The van der Waals surface area contributed by atoms with Crippen molar-refractivity contribution in [2.45, 2.75) is 53.1 Å². The van der Waals surface area contributed by atoms with Crippen molar-refractivity contribution in [3.63, 3.8) is 0 Å². The monoisotopic (exact) mass is 174 g/mol. The maximum absolute atomic E-state index is 9.27. The highest BCUT2D eigenvalue weighted by molar-refractivity contribution is 5.44. The summed E-state index contributed by atoms with van der Waals surface area (Å²) in [7, 11) is 0. The maximum Gasteiger partial charge on any atom is 0.116 e. The number of hydrogen-bond donors (Lipinski definition) is 1. The minimum absolute atomic E-state index is 0.468. The van der Waals surface area contributed by atoms with Gasteiger partial charge in [0.2, 0.25) is 0 Å². The molecule has 0 spiro atoms. The molecule has 2 nitrogen and oxygen atoms in total. The summed E-state index contributed by atoms with van der Waals surface area (Å²) in [5, 5.41) is 9.27. The fraction of sp³-hybridized carbons (Fsp3) is 0.900. The van der Waals surface area contributed by atoms with Crippen LogP contribution in [-0.4, -0.2) is 17.0 Å². The number of carbonyl (C=O) groups excluding carboxylic acids is 1. The summed E-state index contributed by atoms with van der Waals surface area (Å²) in [6, 6.07) is 0. The zero-order valence-corrected chi connectivity index (χ0v) is 8.92. The van der Waals surface area contributed by atoms with E-state index in [0.29, 0.717) is 5.92 Å². The van der Waals surface area contributed by atoms with E-state index in [-0.39, 0.29) is 0 Å². The zero-order valence-electron chi connectivity index (χ0n) is 8.92. The zero-order chi connectivity index (χ0) is 10.2. The van der Waals surface area contributed by atoms with Gasteiger partial charge in [-0.25, -0.2) is 0 Å². The van der Waals surface area contributed by atoms with Gasteiger partial charge >= 0.3 is 0 Å². The molecule has 0 saturated heterocycles. The van der Waals surface area contributed by atoms with Crippen LogP contribution in [-0.2, 0) is 4.79 Å². The topological polar surface area (TPSA) is 37.3 Å². The summed E-state index contributed by atoms with van der Waals surface area (Å²) >= 11 is 0. The third-order valence-corrected chi connectivity index (χ3v) is 1.33. The molecule has 0 amide bonds. The molecule has 0 unspecified atom stereocenters. The molecule has 0 bridgehead atoms. The molecule has 0 aliphatic rings. The first-order valence-corrected chi connectivity index (χ1v) is 4.45. The van der Waals surface area contributed by atoms with E-state index < -0.39 is 5.60 Å². The van der Waals surface area contributed by atoms with Crippen LogP contribution in [0.1, 0.15) is 47.5 Å². The van der Waals surface area contributed by atoms with Crippen LogP contribution >= 0.6 is 0 Å². The Kier molecular flexibility index (Phi) is 8.61. The van der Waals surface area contributed by atoms with Crippen LogP contribution in [0.4, 0.5) is 0 Å². The van der Waals surface area contributed by atoms with Gasteiger partial charge < -0.3 is 9.90 Å². The van der Waals surface area contributed by atoms with Crippen LogP contribution < -0.4 is 0 Å². The molecular formula is C10H22O2. The van der Waals surface area contributed by atoms with E-state index in [0.717, 1.165) is 19.1 Å². The van der Waals surface area contributed by atoms with Crippen LogP contribution in [0.2, 0.25) is 0 Å². The molecule has 2 heteroatoms. The molecule has 0 aromatic rings. The lowest BCUT2D eigenvalue weighted by Gasteiger charge is -2.17. The van der Waals surface area contributed by atoms with Crippen molar-refractivity contribution in [3.8, 4) is 0 Å². The van der Waals surface area contributed by atoms with Crippen molar-refractivity contribution in [1.82, 2.24) is 0 Å². The number of hydrogen-bond acceptors (Lipinski definition) is 2. The van der Waals surface area contributed by atoms with Crippen LogP contribution in [0, 0.1) is 5.92 Å². The van der Waals surface area contributed by atoms with E-state index in [1.807, 2.05) is 13.8 Å². The summed E-state index contributed by atoms with van der Waals surface area (Å²) in [6.07, 6.45) is 2.77. The van der Waals surface area contributed by atoms with Crippen molar-refractivity contribution in [1.29, 1.82) is 0 Å². The Balaban J connectivity index is 0. The molecule has 0 heterocycles. The van der Waals surface area contributed by atoms with Gasteiger partial charge in [-0.3, -0.25) is 0 Å². The normalized spacial score (nSPS) is 10.6. The Labute approximate surface area is 76.0 Å². The lowest BCUT2D eigenvalue weighted by atomic mass is 9.97. The number of aldehydes is 1. The van der Waals surface area contributed by atoms with E-state index in [9.17, 15) is 5.11 Å². The Morgan fingerprint density at radius 1 is 1.42 bits per heavy atom. The van der Waals surface area contributed by atoms with E-state index >= 15 is 0 Å². The molecule has 0 aromatic carbocycles. The predicted octanol–water partition coefficient (Wildman–Crippen LogP) is 2.40. The van der Waals surface area contributed by atoms with Crippen molar-refractivity contribution < 1.29 is 9.90 Å². The molecule has 12 heavy (non-hydrogen) atoms. The van der Waals surface area contributed by atoms with Crippen molar-refractivity contribution in [2.24, 2.45) is 5.92 Å². The predicted molar refractivity (Wildman–Crippen MR) is 52.1 cm³/mol. The Bertz CT molecular complexity index is 101. The van der Waals surface area contributed by atoms with E-state index in [4.69, 9.17) is 4.79 Å². The van der Waals surface area contributed by atoms with Gasteiger partial charge in [-0.15, -0.1) is 0 Å². The first-order valence-electron chi connectivity index (χ1n) is 4.45. The highest BCUT2D eigenvalue weighted by Crippen LogP contribution is 2.14. The third-order valence-electron chi connectivity index (χ3n) is 1.33. The number of rotatable bonds is 3. The minimum atomic E-state index is -0.468. The second-order valence-corrected chi connectivity index (χ2v) is 3.98. The summed E-state index contributed by atoms with van der Waals surface area (Å²) < 4.78 is 0. The molecule has 0 atom stereocenters. The third kappa shape index (κ3) is 22.6. The molecule has 0 rings (SSSR count). The van der Waals surface area contributed by atoms with Gasteiger partial charge in [-0.1, -0.05) is 13.8 Å². The molecule has 0 aliphatic heterocycles. The quantitative estimate of drug-likeness (QED) is 0.667. The second kappa shape index (κ2) is 7.29. The maximum atomic E-state index is 9.27. The van der Waals surface area contributed by atoms with Gasteiger partial charge in [0.1, 0.15) is 6.29 Å². The standard InChI is InChI=1S/C8H18O.C2H4O/c1-7(2)5-6-8(3,4)9;1-2-3/h7,9H,5-6H2,1-4H3;2H,1H3. The van der Waals surface area contributed by atoms with E-state index in [1.165, 1.54) is 6.92 Å². The Hall–Kier alpha value is -0.370. The SMILES string of the molecule is CC(C)CCC(C)(C)O.CC=O. The van der Waals surface area contributed by atoms with Crippen LogP contribution in [0.25, 0.3) is 0 Å². The lowest BCUT2D eigenvalue weighted by Crippen LogP contribution is -2.18. The number of aliphatic hydroxyl groups is 1. The average molecular weight is 174 g/mol. The smallest absolute Gasteiger partial charge is 0.116 e. The van der Waals surface area contributed by atoms with Crippen LogP contribution in [0.5, 0.6) is 0 Å². The Morgan fingerprint density at radius 3 is 1.83 bits per heavy atom. The van der Waals surface area contributed by atoms with Crippen molar-refractivity contribution in [2.75, 3.05) is 0 Å². The van der Waals surface area contributed by atoms with Crippen molar-refractivity contribution in [3.05, 3.63) is 0 Å². The second-order valence-electron chi connectivity index (χ2n) is 3.98. The summed E-state index contributed by atoms with van der Waals surface area (Å²) in [5.74, 6) is 0.705. The molecule has 1 N–H and O–H groups in total. The lowest BCUT2D eigenvalue weighted by molar-refractivity contribution is -0.106. The average Bonchev–Trinajstić information content (AvgIpc) is 1.84. The molecule has 0 aromatic heterocycles. The van der Waals surface area contributed by atoms with Crippen molar-refractivity contribution >= 4 is 6.29 Å². The number of carbonyl (C=O) groups is 1. The highest BCUT2D eigenvalue weighted by atomic mass is 16.3. The van der Waals surface area contributed by atoms with Gasteiger partial charge in [0.15, 0.2) is 0 Å². The van der Waals surface area contributed by atoms with Gasteiger partial charge in [0, 0.05) is 0 Å². The van der Waals surface area contributed by atoms with Gasteiger partial charge in [-0.2, -0.15) is 0 Å². The fourth-order valence-corrected chi connectivity index (χ4v) is 0.642. The van der Waals surface area contributed by atoms with E-state index in [1.54, 1.807) is 0 Å². The molecule has 0 aliphatic carbocycles. The van der Waals surface area contributed by atoms with Gasteiger partial charge in [0.05, 0.1) is 5.60 Å². The van der Waals surface area contributed by atoms with Gasteiger partial charge in [-0.05, 0) is 39.5 Å². The van der Waals surface area contributed by atoms with E-state index in [2.05, 4.69) is 13.8 Å². The summed E-state index contributed by atoms with van der Waals surface area (Å²) in [5.41, 5.74) is -0.468. The van der Waals surface area contributed by atoms with Crippen LogP contribution in [0.15, 0.2) is 0 Å². The highest BCUT2D eigenvalue weighted by Gasteiger charge is 2.11. The van der Waals surface area contributed by atoms with Gasteiger partial charge in [0.25, 0.3) is 0 Å². The summed E-state index contributed by atoms with van der Waals surface area (Å²) in [4.78, 5) is 8.81. The molecule has 0 radical (unpaired) electrons. The minimum Gasteiger partial charge on any atom is -0.390 e. The molecule has 74 valence electrons. The Morgan fingerprint density at radius 2 is 1.75 bits per heavy atom. The largest absolute Gasteiger partial charge is 0.390 e. The molecule has 0 fully saturated rings.